The predicted octanol–water partition coefficient (Wildman–Crippen LogP) is 3.49. The Labute approximate surface area is 185 Å². The Bertz CT molecular complexity index is 1000. The van der Waals surface area contributed by atoms with Gasteiger partial charge in [0.15, 0.2) is 5.78 Å². The van der Waals surface area contributed by atoms with E-state index in [0.29, 0.717) is 17.8 Å². The van der Waals surface area contributed by atoms with E-state index in [1.807, 2.05) is 40.6 Å². The molecule has 1 aromatic carbocycles. The van der Waals surface area contributed by atoms with Crippen LogP contribution in [0, 0.1) is 0 Å². The molecule has 2 aliphatic rings. The first-order valence-electron chi connectivity index (χ1n) is 10.3. The number of Topliss-reactive ketones (excluding diaryl/α,β-unsaturated/α-hetero) is 1. The van der Waals surface area contributed by atoms with Gasteiger partial charge >= 0.3 is 0 Å². The molecule has 0 bridgehead atoms. The van der Waals surface area contributed by atoms with Crippen molar-refractivity contribution in [3.05, 3.63) is 51.7 Å². The minimum Gasteiger partial charge on any atom is -0.483 e. The minimum atomic E-state index is -0.651. The molecule has 2 atom stereocenters. The maximum atomic E-state index is 13.2. The molecule has 1 saturated heterocycles. The lowest BCUT2D eigenvalue weighted by molar-refractivity contribution is -0.133. The van der Waals surface area contributed by atoms with Gasteiger partial charge in [-0.25, -0.2) is 0 Å². The third-order valence-corrected chi connectivity index (χ3v) is 7.07. The normalized spacial score (nSPS) is 21.3. The van der Waals surface area contributed by atoms with Gasteiger partial charge < -0.3 is 15.3 Å². The first kappa shape index (κ1) is 22.7. The number of fused-ring (bicyclic) bond motifs is 2. The second kappa shape index (κ2) is 9.43. The molecule has 4 rings (SSSR count). The van der Waals surface area contributed by atoms with Crippen LogP contribution in [0.25, 0.3) is 0 Å². The lowest BCUT2D eigenvalue weighted by atomic mass is 9.73. The topological polar surface area (TPSA) is 104 Å². The van der Waals surface area contributed by atoms with Crippen LogP contribution in [-0.4, -0.2) is 46.7 Å². The number of amides is 2. The maximum Gasteiger partial charge on any atom is 0.290 e. The number of para-hydroxylation sites is 1. The first-order valence-corrected chi connectivity index (χ1v) is 11.1. The Hall–Kier alpha value is -3.00. The second-order valence-corrected chi connectivity index (χ2v) is 8.68. The van der Waals surface area contributed by atoms with Crippen molar-refractivity contribution >= 4 is 41.1 Å². The highest BCUT2D eigenvalue weighted by Crippen LogP contribution is 2.49. The molecule has 2 aliphatic heterocycles. The summed E-state index contributed by atoms with van der Waals surface area (Å²) in [5.74, 6) is 0.0594. The number of hydrogen-bond acceptors (Lipinski definition) is 5. The van der Waals surface area contributed by atoms with Gasteiger partial charge in [0.1, 0.15) is 0 Å². The number of carbonyl (C=O) groups excluding carboxylic acids is 3. The Morgan fingerprint density at radius 3 is 2.71 bits per heavy atom. The van der Waals surface area contributed by atoms with E-state index in [-0.39, 0.29) is 36.5 Å². The molecule has 2 aromatic rings. The summed E-state index contributed by atoms with van der Waals surface area (Å²) in [6.07, 6.45) is 2.60. The molecule has 1 fully saturated rings. The summed E-state index contributed by atoms with van der Waals surface area (Å²) >= 11 is 1.38. The molecule has 0 saturated carbocycles. The molecule has 164 valence electrons. The van der Waals surface area contributed by atoms with E-state index in [0.717, 1.165) is 29.7 Å². The number of ketones is 1. The van der Waals surface area contributed by atoms with E-state index < -0.39 is 5.41 Å². The fraction of sp³-hybridized carbons (Fsp3) is 0.391. The molecule has 2 amide bonds. The van der Waals surface area contributed by atoms with Gasteiger partial charge in [-0.05, 0) is 48.4 Å². The number of nitrogens with one attached hydrogen (secondary N) is 1. The van der Waals surface area contributed by atoms with Crippen molar-refractivity contribution in [2.75, 3.05) is 11.9 Å². The number of nitrogens with zero attached hydrogens (tertiary/aromatic N) is 1. The summed E-state index contributed by atoms with van der Waals surface area (Å²) in [5, 5.41) is 11.8. The zero-order valence-corrected chi connectivity index (χ0v) is 18.4. The fourth-order valence-electron chi connectivity index (χ4n) is 4.70. The Morgan fingerprint density at radius 2 is 2.06 bits per heavy atom. The van der Waals surface area contributed by atoms with Crippen LogP contribution in [0.3, 0.4) is 0 Å². The summed E-state index contributed by atoms with van der Waals surface area (Å²) < 4.78 is 0. The van der Waals surface area contributed by atoms with Gasteiger partial charge in [-0.15, -0.1) is 11.3 Å². The average molecular weight is 443 g/mol. The van der Waals surface area contributed by atoms with Gasteiger partial charge in [-0.1, -0.05) is 31.5 Å². The zero-order chi connectivity index (χ0) is 22.6. The second-order valence-electron chi connectivity index (χ2n) is 7.77. The Balaban J connectivity index is 0.000000858. The Morgan fingerprint density at radius 1 is 1.35 bits per heavy atom. The van der Waals surface area contributed by atoms with Crippen molar-refractivity contribution < 1.29 is 24.3 Å². The summed E-state index contributed by atoms with van der Waals surface area (Å²) in [6.45, 7) is 3.95. The van der Waals surface area contributed by atoms with Crippen LogP contribution in [0.2, 0.25) is 0 Å². The van der Waals surface area contributed by atoms with Gasteiger partial charge in [-0.2, -0.15) is 0 Å². The number of anilines is 1. The van der Waals surface area contributed by atoms with Gasteiger partial charge in [0.2, 0.25) is 11.8 Å². The monoisotopic (exact) mass is 442 g/mol. The van der Waals surface area contributed by atoms with Gasteiger partial charge in [-0.3, -0.25) is 19.2 Å². The van der Waals surface area contributed by atoms with Crippen LogP contribution in [0.5, 0.6) is 0 Å². The zero-order valence-electron chi connectivity index (χ0n) is 17.6. The number of benzene rings is 1. The van der Waals surface area contributed by atoms with Crippen molar-refractivity contribution in [1.29, 1.82) is 0 Å². The van der Waals surface area contributed by atoms with Gasteiger partial charge in [0.25, 0.3) is 6.47 Å². The smallest absolute Gasteiger partial charge is 0.290 e. The Kier molecular flexibility index (Phi) is 6.90. The molecule has 0 unspecified atom stereocenters. The molecule has 31 heavy (non-hydrogen) atoms. The first-order chi connectivity index (χ1) is 14.9. The van der Waals surface area contributed by atoms with Gasteiger partial charge in [0.05, 0.1) is 22.8 Å². The van der Waals surface area contributed by atoms with Crippen LogP contribution < -0.4 is 5.32 Å². The summed E-state index contributed by atoms with van der Waals surface area (Å²) in [5.41, 5.74) is 2.10. The van der Waals surface area contributed by atoms with Gasteiger partial charge in [0, 0.05) is 12.2 Å². The molecule has 0 aliphatic carbocycles. The molecule has 0 radical (unpaired) electrons. The summed E-state index contributed by atoms with van der Waals surface area (Å²) in [7, 11) is 0. The quantitative estimate of drug-likeness (QED) is 0.545. The van der Waals surface area contributed by atoms with Crippen molar-refractivity contribution in [2.45, 2.75) is 51.0 Å². The largest absolute Gasteiger partial charge is 0.483 e. The molecule has 7 nitrogen and oxygen atoms in total. The number of thiophene rings is 1. The standard InChI is InChI=1S/C22H24N2O3S.CH2O2/c1-3-6-19-22(16-7-4-5-8-17(16)23-21(22)27)9-10-24(19)20(26)12-15-11-18(14(2)25)28-13-15;2-1-3/h4-5,7-8,11,13,19H,3,6,9-10,12H2,1-2H3,(H,23,27);1H,(H,2,3)/t19-,22+;/m0./s1. The molecular formula is C23H26N2O5S. The third kappa shape index (κ3) is 4.12. The number of hydrogen-bond donors (Lipinski definition) is 2. The van der Waals surface area contributed by atoms with Crippen LogP contribution in [0.15, 0.2) is 35.7 Å². The van der Waals surface area contributed by atoms with E-state index in [9.17, 15) is 14.4 Å². The van der Waals surface area contributed by atoms with Crippen LogP contribution in [-0.2, 0) is 26.2 Å². The summed E-state index contributed by atoms with van der Waals surface area (Å²) in [4.78, 5) is 48.7. The van der Waals surface area contributed by atoms with Crippen LogP contribution in [0.4, 0.5) is 5.69 Å². The number of rotatable bonds is 5. The van der Waals surface area contributed by atoms with Crippen molar-refractivity contribution in [2.24, 2.45) is 0 Å². The third-order valence-electron chi connectivity index (χ3n) is 5.99. The molecule has 1 spiro atoms. The number of carbonyl (C=O) groups is 4. The highest BCUT2D eigenvalue weighted by atomic mass is 32.1. The SMILES string of the molecule is CCC[C@@H]1N(C(=O)Cc2csc(C(C)=O)c2)CC[C@]12C(=O)Nc1ccccc12.O=CO. The summed E-state index contributed by atoms with van der Waals surface area (Å²) in [6, 6.07) is 9.51. The molecular weight excluding hydrogens is 416 g/mol. The van der Waals surface area contributed by atoms with E-state index >= 15 is 0 Å². The van der Waals surface area contributed by atoms with Crippen molar-refractivity contribution in [1.82, 2.24) is 4.90 Å². The minimum absolute atomic E-state index is 0.0110. The molecule has 3 heterocycles. The molecule has 2 N–H and O–H groups in total. The molecule has 8 heteroatoms. The average Bonchev–Trinajstić information content (AvgIpc) is 3.42. The number of likely N-dealkylation sites (tertiary alicyclic amines) is 1. The highest BCUT2D eigenvalue weighted by molar-refractivity contribution is 7.12. The lowest BCUT2D eigenvalue weighted by Crippen LogP contribution is -2.49. The van der Waals surface area contributed by atoms with E-state index in [1.54, 1.807) is 0 Å². The van der Waals surface area contributed by atoms with Crippen molar-refractivity contribution in [3.8, 4) is 0 Å². The highest BCUT2D eigenvalue weighted by Gasteiger charge is 2.58. The fourth-order valence-corrected chi connectivity index (χ4v) is 5.52. The van der Waals surface area contributed by atoms with Crippen LogP contribution in [0.1, 0.15) is 53.9 Å². The molecule has 1 aromatic heterocycles. The van der Waals surface area contributed by atoms with E-state index in [2.05, 4.69) is 12.2 Å². The van der Waals surface area contributed by atoms with E-state index in [1.165, 1.54) is 18.3 Å². The number of carboxylic acid groups (broad SMARTS) is 1. The predicted molar refractivity (Wildman–Crippen MR) is 118 cm³/mol. The van der Waals surface area contributed by atoms with Crippen LogP contribution >= 0.6 is 11.3 Å². The maximum absolute atomic E-state index is 13.2. The van der Waals surface area contributed by atoms with Crippen molar-refractivity contribution in [3.63, 3.8) is 0 Å². The van der Waals surface area contributed by atoms with E-state index in [4.69, 9.17) is 9.90 Å². The lowest BCUT2D eigenvalue weighted by Gasteiger charge is -2.34.